The lowest BCUT2D eigenvalue weighted by atomic mass is 10.1. The van der Waals surface area contributed by atoms with Gasteiger partial charge in [0.1, 0.15) is 12.3 Å². The molecular weight excluding hydrogens is 498 g/mol. The van der Waals surface area contributed by atoms with Gasteiger partial charge in [0.15, 0.2) is 0 Å². The smallest absolute Gasteiger partial charge is 0.262 e. The number of guanidine groups is 1. The average molecular weight is 526 g/mol. The molecule has 4 aromatic rings. The van der Waals surface area contributed by atoms with E-state index in [2.05, 4.69) is 30.6 Å². The van der Waals surface area contributed by atoms with E-state index in [9.17, 15) is 14.4 Å². The lowest BCUT2D eigenvalue weighted by Crippen LogP contribution is -2.44. The van der Waals surface area contributed by atoms with Crippen LogP contribution in [0.15, 0.2) is 59.7 Å². The minimum absolute atomic E-state index is 0.114. The quantitative estimate of drug-likeness (QED) is 0.191. The topological polar surface area (TPSA) is 142 Å². The number of aromatic amines is 1. The van der Waals surface area contributed by atoms with Crippen LogP contribution in [-0.2, 0) is 11.2 Å². The van der Waals surface area contributed by atoms with E-state index in [0.29, 0.717) is 13.0 Å². The molecule has 11 heteroatoms. The summed E-state index contributed by atoms with van der Waals surface area (Å²) < 4.78 is 5.29. The number of methoxy groups -OCH3 is 1. The predicted octanol–water partition coefficient (Wildman–Crippen LogP) is 3.01. The van der Waals surface area contributed by atoms with E-state index in [1.54, 1.807) is 31.4 Å². The van der Waals surface area contributed by atoms with E-state index >= 15 is 0 Å². The largest absolute Gasteiger partial charge is 0.497 e. The standard InChI is InChI=1S/C28H27N7O4/c1-16-12-17(2)32-28(31-16)34-27(29-11-10-18-14-30-23-13-19(39-3)8-9-20(18)23)33-24(36)15-35-25(37)21-6-4-5-7-22(21)26(35)38/h4-9,12-14,30H,10-11,15H2,1-3H3,(H2,29,31,32,33,34,36). The molecule has 11 nitrogen and oxygen atoms in total. The Labute approximate surface area is 224 Å². The van der Waals surface area contributed by atoms with Crippen LogP contribution in [0.1, 0.15) is 37.7 Å². The number of amides is 3. The molecule has 1 aliphatic heterocycles. The molecule has 0 fully saturated rings. The molecule has 3 N–H and O–H groups in total. The summed E-state index contributed by atoms with van der Waals surface area (Å²) in [6, 6.07) is 14.1. The number of aliphatic imine (C=N–C) groups is 1. The third kappa shape index (κ3) is 5.47. The maximum Gasteiger partial charge on any atom is 0.262 e. The first kappa shape index (κ1) is 25.6. The Balaban J connectivity index is 1.32. The SMILES string of the molecule is COc1ccc2c(CCN=C(NC(=O)CN3C(=O)c4ccccc4C3=O)Nc3nc(C)cc(C)n3)c[nH]c2c1. The highest BCUT2D eigenvalue weighted by molar-refractivity contribution is 6.22. The number of benzene rings is 2. The summed E-state index contributed by atoms with van der Waals surface area (Å²) in [6.07, 6.45) is 2.50. The van der Waals surface area contributed by atoms with Crippen LogP contribution in [0.25, 0.3) is 10.9 Å². The second-order valence-electron chi connectivity index (χ2n) is 9.10. The molecule has 0 bridgehead atoms. The molecule has 0 saturated carbocycles. The summed E-state index contributed by atoms with van der Waals surface area (Å²) in [4.78, 5) is 55.8. The number of rotatable bonds is 7. The average Bonchev–Trinajstić information content (AvgIpc) is 3.42. The van der Waals surface area contributed by atoms with Crippen molar-refractivity contribution < 1.29 is 19.1 Å². The van der Waals surface area contributed by atoms with Crippen molar-refractivity contribution >= 4 is 40.5 Å². The lowest BCUT2D eigenvalue weighted by molar-refractivity contribution is -0.120. The van der Waals surface area contributed by atoms with Gasteiger partial charge >= 0.3 is 0 Å². The number of carbonyl (C=O) groups excluding carboxylic acids is 3. The van der Waals surface area contributed by atoms with Crippen LogP contribution in [0.5, 0.6) is 5.75 Å². The fraction of sp³-hybridized carbons (Fsp3) is 0.214. The molecule has 3 heterocycles. The Morgan fingerprint density at radius 2 is 1.72 bits per heavy atom. The van der Waals surface area contributed by atoms with E-state index in [4.69, 9.17) is 4.74 Å². The zero-order valence-electron chi connectivity index (χ0n) is 21.7. The summed E-state index contributed by atoms with van der Waals surface area (Å²) in [7, 11) is 1.62. The van der Waals surface area contributed by atoms with Gasteiger partial charge in [0.2, 0.25) is 17.8 Å². The van der Waals surface area contributed by atoms with Crippen LogP contribution >= 0.6 is 0 Å². The highest BCUT2D eigenvalue weighted by Gasteiger charge is 2.36. The predicted molar refractivity (Wildman–Crippen MR) is 146 cm³/mol. The molecule has 1 aliphatic rings. The van der Waals surface area contributed by atoms with Crippen LogP contribution in [0.4, 0.5) is 5.95 Å². The number of aromatic nitrogens is 3. The molecule has 0 radical (unpaired) electrons. The first-order valence-electron chi connectivity index (χ1n) is 12.3. The number of carbonyl (C=O) groups is 3. The number of anilines is 1. The summed E-state index contributed by atoms with van der Waals surface area (Å²) in [5.41, 5.74) is 4.05. The molecule has 2 aromatic heterocycles. The molecule has 0 saturated heterocycles. The monoisotopic (exact) mass is 525 g/mol. The van der Waals surface area contributed by atoms with Gasteiger partial charge in [-0.3, -0.25) is 34.9 Å². The number of hydrogen-bond donors (Lipinski definition) is 3. The molecular formula is C28H27N7O4. The van der Waals surface area contributed by atoms with Gasteiger partial charge in [0.25, 0.3) is 11.8 Å². The van der Waals surface area contributed by atoms with Gasteiger partial charge in [-0.25, -0.2) is 9.97 Å². The van der Waals surface area contributed by atoms with E-state index in [0.717, 1.165) is 38.5 Å². The molecule has 0 atom stereocenters. The lowest BCUT2D eigenvalue weighted by Gasteiger charge is -2.15. The number of imide groups is 1. The molecule has 39 heavy (non-hydrogen) atoms. The van der Waals surface area contributed by atoms with Crippen LogP contribution in [0.2, 0.25) is 0 Å². The van der Waals surface area contributed by atoms with E-state index < -0.39 is 24.3 Å². The van der Waals surface area contributed by atoms with Gasteiger partial charge in [-0.15, -0.1) is 0 Å². The first-order valence-corrected chi connectivity index (χ1v) is 12.3. The molecule has 5 rings (SSSR count). The van der Waals surface area contributed by atoms with Crippen molar-refractivity contribution in [3.8, 4) is 5.75 Å². The zero-order chi connectivity index (χ0) is 27.5. The number of aryl methyl sites for hydroxylation is 2. The minimum atomic E-state index is -0.584. The summed E-state index contributed by atoms with van der Waals surface area (Å²) in [6.45, 7) is 3.55. The van der Waals surface area contributed by atoms with Crippen molar-refractivity contribution in [2.45, 2.75) is 20.3 Å². The highest BCUT2D eigenvalue weighted by Crippen LogP contribution is 2.24. The normalized spacial score (nSPS) is 13.1. The van der Waals surface area contributed by atoms with Crippen molar-refractivity contribution in [3.05, 3.63) is 82.8 Å². The van der Waals surface area contributed by atoms with Gasteiger partial charge in [-0.05, 0) is 56.2 Å². The van der Waals surface area contributed by atoms with Gasteiger partial charge in [-0.2, -0.15) is 0 Å². The second-order valence-corrected chi connectivity index (χ2v) is 9.10. The fourth-order valence-corrected chi connectivity index (χ4v) is 4.48. The number of H-pyrrole nitrogens is 1. The number of fused-ring (bicyclic) bond motifs is 2. The zero-order valence-corrected chi connectivity index (χ0v) is 21.7. The number of nitrogens with one attached hydrogen (secondary N) is 3. The van der Waals surface area contributed by atoms with E-state index in [1.165, 1.54) is 0 Å². The molecule has 198 valence electrons. The summed E-state index contributed by atoms with van der Waals surface area (Å²) in [5, 5.41) is 6.70. The third-order valence-corrected chi connectivity index (χ3v) is 6.28. The van der Waals surface area contributed by atoms with Gasteiger partial charge < -0.3 is 9.72 Å². The molecule has 0 unspecified atom stereocenters. The maximum atomic E-state index is 13.0. The first-order chi connectivity index (χ1) is 18.8. The minimum Gasteiger partial charge on any atom is -0.497 e. The van der Waals surface area contributed by atoms with Crippen molar-refractivity contribution in [3.63, 3.8) is 0 Å². The Bertz CT molecular complexity index is 1570. The van der Waals surface area contributed by atoms with Gasteiger partial charge in [0.05, 0.1) is 18.2 Å². The van der Waals surface area contributed by atoms with Gasteiger partial charge in [0, 0.05) is 41.1 Å². The van der Waals surface area contributed by atoms with Crippen LogP contribution < -0.4 is 15.4 Å². The van der Waals surface area contributed by atoms with Crippen molar-refractivity contribution in [1.29, 1.82) is 0 Å². The van der Waals surface area contributed by atoms with E-state index in [-0.39, 0.29) is 23.0 Å². The van der Waals surface area contributed by atoms with Crippen LogP contribution in [0, 0.1) is 13.8 Å². The Morgan fingerprint density at radius 3 is 2.38 bits per heavy atom. The molecule has 0 spiro atoms. The highest BCUT2D eigenvalue weighted by atomic mass is 16.5. The van der Waals surface area contributed by atoms with Crippen molar-refractivity contribution in [2.75, 3.05) is 25.5 Å². The third-order valence-electron chi connectivity index (χ3n) is 6.28. The van der Waals surface area contributed by atoms with E-state index in [1.807, 2.05) is 44.3 Å². The molecule has 3 amide bonds. The Kier molecular flexibility index (Phi) is 7.04. The summed E-state index contributed by atoms with van der Waals surface area (Å²) in [5.74, 6) is -0.458. The van der Waals surface area contributed by atoms with Crippen LogP contribution in [0.3, 0.4) is 0 Å². The van der Waals surface area contributed by atoms with Gasteiger partial charge in [-0.1, -0.05) is 12.1 Å². The second kappa shape index (κ2) is 10.7. The summed E-state index contributed by atoms with van der Waals surface area (Å²) >= 11 is 0. The Morgan fingerprint density at radius 1 is 1.03 bits per heavy atom. The fourth-order valence-electron chi connectivity index (χ4n) is 4.48. The maximum absolute atomic E-state index is 13.0. The number of nitrogens with zero attached hydrogens (tertiary/aromatic N) is 4. The van der Waals surface area contributed by atoms with Crippen LogP contribution in [-0.4, -0.2) is 63.7 Å². The molecule has 0 aliphatic carbocycles. The van der Waals surface area contributed by atoms with Crippen molar-refractivity contribution in [1.82, 2.24) is 25.2 Å². The Hall–Kier alpha value is -5.06. The number of hydrogen-bond acceptors (Lipinski definition) is 7. The van der Waals surface area contributed by atoms with Crippen molar-refractivity contribution in [2.24, 2.45) is 4.99 Å². The number of ether oxygens (including phenoxy) is 1. The molecule has 2 aromatic carbocycles.